The maximum Gasteiger partial charge on any atom is 0.307 e. The van der Waals surface area contributed by atoms with Gasteiger partial charge in [-0.25, -0.2) is 13.4 Å². The zero-order valence-electron chi connectivity index (χ0n) is 38.4. The fourth-order valence-electron chi connectivity index (χ4n) is 9.32. The summed E-state index contributed by atoms with van der Waals surface area (Å²) in [5.74, 6) is -2.23. The Morgan fingerprint density at radius 2 is 1.82 bits per heavy atom. The van der Waals surface area contributed by atoms with Crippen molar-refractivity contribution in [1.82, 2.24) is 24.2 Å². The summed E-state index contributed by atoms with van der Waals surface area (Å²) in [5, 5.41) is 2.78. The Kier molecular flexibility index (Phi) is 12.8. The number of methoxy groups -OCH3 is 1. The number of para-hydroxylation sites is 1. The molecule has 4 aromatic rings. The molecule has 0 radical (unpaired) electrons. The highest BCUT2D eigenvalue weighted by atomic mass is 32.2. The van der Waals surface area contributed by atoms with Gasteiger partial charge >= 0.3 is 5.97 Å². The fourth-order valence-corrected chi connectivity index (χ4v) is 11.5. The first kappa shape index (κ1) is 46.4. The van der Waals surface area contributed by atoms with Crippen LogP contribution < -0.4 is 14.2 Å². The van der Waals surface area contributed by atoms with Crippen LogP contribution in [0.15, 0.2) is 60.0 Å². The van der Waals surface area contributed by atoms with E-state index in [2.05, 4.69) is 4.72 Å². The van der Waals surface area contributed by atoms with Crippen molar-refractivity contribution in [3.8, 4) is 33.6 Å². The summed E-state index contributed by atoms with van der Waals surface area (Å²) in [4.78, 5) is 68.8. The van der Waals surface area contributed by atoms with Gasteiger partial charge in [0.15, 0.2) is 5.78 Å². The van der Waals surface area contributed by atoms with Crippen LogP contribution in [0.4, 0.5) is 0 Å². The highest BCUT2D eigenvalue weighted by Crippen LogP contribution is 2.58. The zero-order chi connectivity index (χ0) is 46.5. The van der Waals surface area contributed by atoms with E-state index >= 15 is 0 Å². The third-order valence-corrected chi connectivity index (χ3v) is 16.4. The number of imidazole rings is 1. The molecule has 0 spiro atoms. The molecular weight excluding hydrogens is 867 g/mol. The third-order valence-electron chi connectivity index (χ3n) is 13.4. The number of allylic oxidation sites excluding steroid dienone is 2. The zero-order valence-corrected chi connectivity index (χ0v) is 40.1. The summed E-state index contributed by atoms with van der Waals surface area (Å²) in [7, 11) is -2.34. The second-order valence-electron chi connectivity index (χ2n) is 19.8. The number of nitrogens with one attached hydrogen (secondary N) is 1. The van der Waals surface area contributed by atoms with Crippen LogP contribution in [-0.2, 0) is 33.9 Å². The number of rotatable bonds is 11. The number of ether oxygens (including phenoxy) is 3. The number of thiazole rings is 1. The van der Waals surface area contributed by atoms with E-state index in [-0.39, 0.29) is 49.5 Å². The van der Waals surface area contributed by atoms with Gasteiger partial charge in [-0.15, -0.1) is 11.3 Å². The number of sulfonamides is 1. The summed E-state index contributed by atoms with van der Waals surface area (Å²) >= 11 is 1.51. The average Bonchev–Trinajstić information content (AvgIpc) is 3.92. The van der Waals surface area contributed by atoms with E-state index in [1.165, 1.54) is 16.2 Å². The summed E-state index contributed by atoms with van der Waals surface area (Å²) in [6.07, 6.45) is 7.70. The van der Waals surface area contributed by atoms with Gasteiger partial charge in [0, 0.05) is 41.3 Å². The maximum absolute atomic E-state index is 14.9. The van der Waals surface area contributed by atoms with Gasteiger partial charge in [0.05, 0.1) is 47.5 Å². The lowest BCUT2D eigenvalue weighted by atomic mass is 9.90. The minimum Gasteiger partial charge on any atom is -0.497 e. The van der Waals surface area contributed by atoms with E-state index in [0.717, 1.165) is 52.4 Å². The number of hydrogen-bond acceptors (Lipinski definition) is 12. The van der Waals surface area contributed by atoms with Crippen LogP contribution in [0.1, 0.15) is 118 Å². The van der Waals surface area contributed by atoms with Gasteiger partial charge in [-0.1, -0.05) is 43.2 Å². The molecule has 4 heterocycles. The predicted octanol–water partition coefficient (Wildman–Crippen LogP) is 8.60. The van der Waals surface area contributed by atoms with E-state index in [1.807, 2.05) is 78.4 Å². The van der Waals surface area contributed by atoms with Crippen LogP contribution in [0.2, 0.25) is 0 Å². The predicted molar refractivity (Wildman–Crippen MR) is 249 cm³/mol. The van der Waals surface area contributed by atoms with E-state index in [0.29, 0.717) is 43.6 Å². The summed E-state index contributed by atoms with van der Waals surface area (Å²) in [6.45, 7) is 11.1. The smallest absolute Gasteiger partial charge is 0.307 e. The van der Waals surface area contributed by atoms with Crippen molar-refractivity contribution in [2.24, 2.45) is 17.3 Å². The second-order valence-corrected chi connectivity index (χ2v) is 22.9. The molecule has 4 aliphatic rings. The molecule has 2 aromatic carbocycles. The fraction of sp³-hybridized carbons (Fsp3) is 0.551. The van der Waals surface area contributed by atoms with E-state index < -0.39 is 55.7 Å². The number of aromatic nitrogens is 3. The molecule has 0 bridgehead atoms. The Hall–Kier alpha value is -5.09. The molecule has 2 aliphatic carbocycles. The number of hydrogen-bond donors (Lipinski definition) is 1. The van der Waals surface area contributed by atoms with Gasteiger partial charge in [-0.05, 0) is 110 Å². The molecule has 0 unspecified atom stereocenters. The molecule has 2 aliphatic heterocycles. The van der Waals surface area contributed by atoms with Crippen molar-refractivity contribution in [2.75, 3.05) is 13.7 Å². The summed E-state index contributed by atoms with van der Waals surface area (Å²) in [6, 6.07) is 12.9. The third kappa shape index (κ3) is 9.75. The molecule has 8 rings (SSSR count). The van der Waals surface area contributed by atoms with Gasteiger partial charge < -0.3 is 19.1 Å². The number of carbonyl (C=O) groups excluding carboxylic acids is 4. The SMILES string of the molecule is COc1cccc(-c2csc(-c3cccc4c3nc(O[C@@H]3C[C@H]5C(=O)C[C@]6(C(=O)NS(=O)(=O)C7(C)CC7)C[C@H]6/C=C\CCCCC[C@H](CC(=O)OC(C)(C)C)C(=O)N5C3)n4C(C)C)n2)c1. The Morgan fingerprint density at radius 1 is 1.05 bits per heavy atom. The molecule has 2 saturated carbocycles. The summed E-state index contributed by atoms with van der Waals surface area (Å²) < 4.78 is 47.9. The quantitative estimate of drug-likeness (QED) is 0.113. The highest BCUT2D eigenvalue weighted by Gasteiger charge is 2.62. The molecule has 5 atom stereocenters. The molecule has 14 nitrogen and oxygen atoms in total. The van der Waals surface area contributed by atoms with Crippen molar-refractivity contribution < 1.29 is 41.8 Å². The van der Waals surface area contributed by atoms with Crippen LogP contribution in [0.3, 0.4) is 0 Å². The number of esters is 1. The van der Waals surface area contributed by atoms with Crippen LogP contribution in [0.5, 0.6) is 11.8 Å². The average molecular weight is 928 g/mol. The Morgan fingerprint density at radius 3 is 2.54 bits per heavy atom. The molecule has 16 heteroatoms. The van der Waals surface area contributed by atoms with Gasteiger partial charge in [0.2, 0.25) is 21.8 Å². The van der Waals surface area contributed by atoms with Gasteiger partial charge in [0.1, 0.15) is 28.0 Å². The normalized spacial score (nSPS) is 25.3. The van der Waals surface area contributed by atoms with Crippen molar-refractivity contribution >= 4 is 56.0 Å². The number of Topliss-reactive ketones (excluding diaryl/α,β-unsaturated/α-hetero) is 1. The van der Waals surface area contributed by atoms with Crippen molar-refractivity contribution in [2.45, 2.75) is 141 Å². The summed E-state index contributed by atoms with van der Waals surface area (Å²) in [5.41, 5.74) is 2.05. The van der Waals surface area contributed by atoms with E-state index in [4.69, 9.17) is 24.2 Å². The van der Waals surface area contributed by atoms with Crippen LogP contribution >= 0.6 is 11.3 Å². The molecule has 65 heavy (non-hydrogen) atoms. The Balaban J connectivity index is 1.12. The first-order valence-electron chi connectivity index (χ1n) is 22.9. The minimum atomic E-state index is -3.97. The molecule has 2 aromatic heterocycles. The van der Waals surface area contributed by atoms with E-state index in [1.54, 1.807) is 34.8 Å². The van der Waals surface area contributed by atoms with Gasteiger partial charge in [-0.3, -0.25) is 28.5 Å². The van der Waals surface area contributed by atoms with Crippen LogP contribution in [0.25, 0.3) is 32.9 Å². The largest absolute Gasteiger partial charge is 0.497 e. The molecule has 1 N–H and O–H groups in total. The van der Waals surface area contributed by atoms with E-state index in [9.17, 15) is 27.6 Å². The number of amides is 2. The topological polar surface area (TPSA) is 176 Å². The standard InChI is InChI=1S/C49H61N5O9S2/c1-30(2)54-38-20-14-19-36(43-50-37(29-64-43)31-16-13-18-34(23-31)61-7)42(38)51-46(54)62-35-25-39-40(55)27-49(45(58)52-65(59,60)48(6)21-22-48)26-33(49)17-12-10-8-9-11-15-32(44(57)53(39)28-35)24-41(56)63-47(3,4)5/h12-14,16-20,23,29-30,32-33,35,39H,8-11,15,21-22,24-28H2,1-7H3,(H,52,58)/b17-12-/t32-,33-,35-,39+,49-/m1/s1. The molecule has 2 amide bonds. The van der Waals surface area contributed by atoms with Crippen molar-refractivity contribution in [3.05, 3.63) is 60.0 Å². The van der Waals surface area contributed by atoms with Crippen molar-refractivity contribution in [3.63, 3.8) is 0 Å². The molecular formula is C49H61N5O9S2. The van der Waals surface area contributed by atoms with Gasteiger partial charge in [0.25, 0.3) is 6.01 Å². The minimum absolute atomic E-state index is 0.0415. The molecule has 348 valence electrons. The lowest BCUT2D eigenvalue weighted by Gasteiger charge is -2.29. The second kappa shape index (κ2) is 17.9. The number of carbonyl (C=O) groups is 4. The van der Waals surface area contributed by atoms with Crippen molar-refractivity contribution in [1.29, 1.82) is 0 Å². The first-order chi connectivity index (χ1) is 30.8. The Bertz CT molecular complexity index is 2620. The molecule has 3 fully saturated rings. The van der Waals surface area contributed by atoms with Crippen LogP contribution in [0, 0.1) is 17.3 Å². The van der Waals surface area contributed by atoms with Gasteiger partial charge in [-0.2, -0.15) is 4.98 Å². The number of ketones is 1. The lowest BCUT2D eigenvalue weighted by Crippen LogP contribution is -2.47. The monoisotopic (exact) mass is 927 g/mol. The van der Waals surface area contributed by atoms with Crippen LogP contribution in [-0.4, -0.2) is 87.6 Å². The molecule has 1 saturated heterocycles. The lowest BCUT2D eigenvalue weighted by molar-refractivity contribution is -0.159. The highest BCUT2D eigenvalue weighted by molar-refractivity contribution is 7.91. The number of nitrogens with zero attached hydrogens (tertiary/aromatic N) is 4. The maximum atomic E-state index is 14.9. The number of benzene rings is 2. The number of fused-ring (bicyclic) bond motifs is 3. The Labute approximate surface area is 385 Å². The first-order valence-corrected chi connectivity index (χ1v) is 25.2.